The van der Waals surface area contributed by atoms with E-state index in [1.54, 1.807) is 0 Å². The third kappa shape index (κ3) is 2.56. The molecule has 1 aliphatic heterocycles. The molecule has 1 fully saturated rings. The fourth-order valence-corrected chi connectivity index (χ4v) is 2.65. The third-order valence-electron chi connectivity index (χ3n) is 3.91. The highest BCUT2D eigenvalue weighted by atomic mass is 15.1. The van der Waals surface area contributed by atoms with E-state index in [-0.39, 0.29) is 0 Å². The Labute approximate surface area is 114 Å². The monoisotopic (exact) mass is 255 g/mol. The van der Waals surface area contributed by atoms with Gasteiger partial charge in [-0.1, -0.05) is 38.1 Å². The predicted octanol–water partition coefficient (Wildman–Crippen LogP) is 3.62. The van der Waals surface area contributed by atoms with Crippen LogP contribution in [0.15, 0.2) is 30.3 Å². The average molecular weight is 255 g/mol. The van der Waals surface area contributed by atoms with Crippen LogP contribution >= 0.6 is 0 Å². The van der Waals surface area contributed by atoms with Crippen molar-refractivity contribution in [2.45, 2.75) is 38.6 Å². The van der Waals surface area contributed by atoms with Crippen LogP contribution in [0.3, 0.4) is 0 Å². The Kier molecular flexibility index (Phi) is 3.38. The lowest BCUT2D eigenvalue weighted by Crippen LogP contribution is -2.12. The lowest BCUT2D eigenvalue weighted by molar-refractivity contribution is 0.625. The van der Waals surface area contributed by atoms with Crippen molar-refractivity contribution in [3.05, 3.63) is 41.6 Å². The van der Waals surface area contributed by atoms with E-state index < -0.39 is 0 Å². The van der Waals surface area contributed by atoms with Gasteiger partial charge in [0.15, 0.2) is 0 Å². The Morgan fingerprint density at radius 2 is 2.00 bits per heavy atom. The number of benzene rings is 1. The maximum absolute atomic E-state index is 4.44. The van der Waals surface area contributed by atoms with Crippen LogP contribution in [-0.2, 0) is 0 Å². The fraction of sp³-hybridized carbons (Fsp3) is 0.438. The molecule has 1 aromatic carbocycles. The molecule has 3 nitrogen and oxygen atoms in total. The van der Waals surface area contributed by atoms with Crippen molar-refractivity contribution in [1.29, 1.82) is 0 Å². The summed E-state index contributed by atoms with van der Waals surface area (Å²) in [4.78, 5) is 0. The summed E-state index contributed by atoms with van der Waals surface area (Å²) in [6.45, 7) is 5.54. The Morgan fingerprint density at radius 3 is 2.63 bits per heavy atom. The maximum Gasteiger partial charge on any atom is 0.0924 e. The SMILES string of the molecule is CC(C)c1ccc(-c2cc(C3CCCN3)[nH]n2)cc1. The quantitative estimate of drug-likeness (QED) is 0.879. The lowest BCUT2D eigenvalue weighted by Gasteiger charge is -2.06. The molecule has 3 heteroatoms. The third-order valence-corrected chi connectivity index (χ3v) is 3.91. The topological polar surface area (TPSA) is 40.7 Å². The van der Waals surface area contributed by atoms with Crippen molar-refractivity contribution in [1.82, 2.24) is 15.5 Å². The van der Waals surface area contributed by atoms with Crippen LogP contribution in [0.5, 0.6) is 0 Å². The van der Waals surface area contributed by atoms with Gasteiger partial charge in [-0.3, -0.25) is 5.10 Å². The predicted molar refractivity (Wildman–Crippen MR) is 78.1 cm³/mol. The largest absolute Gasteiger partial charge is 0.309 e. The van der Waals surface area contributed by atoms with Gasteiger partial charge in [-0.2, -0.15) is 5.10 Å². The molecule has 2 N–H and O–H groups in total. The van der Waals surface area contributed by atoms with Gasteiger partial charge in [-0.15, -0.1) is 0 Å². The number of H-pyrrole nitrogens is 1. The number of nitrogens with zero attached hydrogens (tertiary/aromatic N) is 1. The van der Waals surface area contributed by atoms with E-state index in [1.807, 2.05) is 0 Å². The number of hydrogen-bond donors (Lipinski definition) is 2. The second-order valence-electron chi connectivity index (χ2n) is 5.63. The standard InChI is InChI=1S/C16H21N3/c1-11(2)12-5-7-13(8-6-12)15-10-16(19-18-15)14-4-3-9-17-14/h5-8,10-11,14,17H,3-4,9H2,1-2H3,(H,18,19). The van der Waals surface area contributed by atoms with Crippen molar-refractivity contribution in [3.8, 4) is 11.3 Å². The minimum atomic E-state index is 0.455. The molecule has 0 saturated carbocycles. The summed E-state index contributed by atoms with van der Waals surface area (Å²) < 4.78 is 0. The molecule has 1 aromatic heterocycles. The molecule has 1 saturated heterocycles. The van der Waals surface area contributed by atoms with Gasteiger partial charge in [0.25, 0.3) is 0 Å². The molecule has 0 bridgehead atoms. The number of aromatic nitrogens is 2. The second kappa shape index (κ2) is 5.17. The normalized spacial score (nSPS) is 19.2. The van der Waals surface area contributed by atoms with Gasteiger partial charge >= 0.3 is 0 Å². The molecule has 100 valence electrons. The van der Waals surface area contributed by atoms with E-state index in [4.69, 9.17) is 0 Å². The summed E-state index contributed by atoms with van der Waals surface area (Å²) in [5.41, 5.74) is 4.81. The fourth-order valence-electron chi connectivity index (χ4n) is 2.65. The Bertz CT molecular complexity index is 533. The Morgan fingerprint density at radius 1 is 1.21 bits per heavy atom. The number of hydrogen-bond acceptors (Lipinski definition) is 2. The molecule has 0 spiro atoms. The molecule has 1 atom stereocenters. The molecule has 2 aromatic rings. The van der Waals surface area contributed by atoms with Gasteiger partial charge in [-0.05, 0) is 36.9 Å². The summed E-state index contributed by atoms with van der Waals surface area (Å²) in [5, 5.41) is 11.1. The van der Waals surface area contributed by atoms with Crippen LogP contribution in [0.4, 0.5) is 0 Å². The van der Waals surface area contributed by atoms with Gasteiger partial charge < -0.3 is 5.32 Å². The van der Waals surface area contributed by atoms with E-state index in [9.17, 15) is 0 Å². The van der Waals surface area contributed by atoms with Crippen molar-refractivity contribution in [2.24, 2.45) is 0 Å². The zero-order valence-corrected chi connectivity index (χ0v) is 11.6. The Hall–Kier alpha value is -1.61. The van der Waals surface area contributed by atoms with E-state index in [0.717, 1.165) is 12.2 Å². The van der Waals surface area contributed by atoms with Gasteiger partial charge in [0.2, 0.25) is 0 Å². The zero-order valence-electron chi connectivity index (χ0n) is 11.6. The maximum atomic E-state index is 4.44. The van der Waals surface area contributed by atoms with Crippen molar-refractivity contribution >= 4 is 0 Å². The summed E-state index contributed by atoms with van der Waals surface area (Å²) in [6, 6.07) is 11.4. The summed E-state index contributed by atoms with van der Waals surface area (Å²) in [6.07, 6.45) is 2.45. The first-order valence-electron chi connectivity index (χ1n) is 7.13. The van der Waals surface area contributed by atoms with Crippen molar-refractivity contribution in [2.75, 3.05) is 6.54 Å². The van der Waals surface area contributed by atoms with Crippen LogP contribution in [0.25, 0.3) is 11.3 Å². The van der Waals surface area contributed by atoms with E-state index in [1.165, 1.54) is 29.7 Å². The van der Waals surface area contributed by atoms with Crippen molar-refractivity contribution < 1.29 is 0 Å². The molecule has 0 aliphatic carbocycles. The molecule has 1 aliphatic rings. The van der Waals surface area contributed by atoms with E-state index >= 15 is 0 Å². The molecular formula is C16H21N3. The van der Waals surface area contributed by atoms with E-state index in [2.05, 4.69) is 59.7 Å². The molecular weight excluding hydrogens is 234 g/mol. The molecule has 3 rings (SSSR count). The number of rotatable bonds is 3. The van der Waals surface area contributed by atoms with Gasteiger partial charge in [0.05, 0.1) is 11.4 Å². The van der Waals surface area contributed by atoms with Crippen molar-refractivity contribution in [3.63, 3.8) is 0 Å². The molecule has 1 unspecified atom stereocenters. The minimum absolute atomic E-state index is 0.455. The smallest absolute Gasteiger partial charge is 0.0924 e. The zero-order chi connectivity index (χ0) is 13.2. The lowest BCUT2D eigenvalue weighted by atomic mass is 10.0. The molecule has 0 amide bonds. The van der Waals surface area contributed by atoms with Gasteiger partial charge in [-0.25, -0.2) is 0 Å². The summed E-state index contributed by atoms with van der Waals surface area (Å²) >= 11 is 0. The first-order chi connectivity index (χ1) is 9.24. The summed E-state index contributed by atoms with van der Waals surface area (Å²) in [7, 11) is 0. The molecule has 19 heavy (non-hydrogen) atoms. The average Bonchev–Trinajstić information content (AvgIpc) is 3.10. The highest BCUT2D eigenvalue weighted by molar-refractivity contribution is 5.60. The number of aromatic amines is 1. The first kappa shape index (κ1) is 12.4. The highest BCUT2D eigenvalue weighted by Gasteiger charge is 2.18. The second-order valence-corrected chi connectivity index (χ2v) is 5.63. The molecule has 2 heterocycles. The van der Waals surface area contributed by atoms with Crippen LogP contribution < -0.4 is 5.32 Å². The highest BCUT2D eigenvalue weighted by Crippen LogP contribution is 2.26. The van der Waals surface area contributed by atoms with Gasteiger partial charge in [0.1, 0.15) is 0 Å². The first-order valence-corrected chi connectivity index (χ1v) is 7.13. The number of nitrogens with one attached hydrogen (secondary N) is 2. The molecule has 0 radical (unpaired) electrons. The van der Waals surface area contributed by atoms with Crippen LogP contribution in [-0.4, -0.2) is 16.7 Å². The summed E-state index contributed by atoms with van der Waals surface area (Å²) in [5.74, 6) is 0.575. The van der Waals surface area contributed by atoms with E-state index in [0.29, 0.717) is 12.0 Å². The Balaban J connectivity index is 1.81. The van der Waals surface area contributed by atoms with Crippen LogP contribution in [0.1, 0.15) is 49.9 Å². The van der Waals surface area contributed by atoms with Crippen LogP contribution in [0.2, 0.25) is 0 Å². The van der Waals surface area contributed by atoms with Crippen LogP contribution in [0, 0.1) is 0 Å². The van der Waals surface area contributed by atoms with Gasteiger partial charge in [0, 0.05) is 11.6 Å². The minimum Gasteiger partial charge on any atom is -0.309 e.